The Balaban J connectivity index is 2.09. The molecule has 0 aliphatic rings. The molecule has 0 saturated heterocycles. The van der Waals surface area contributed by atoms with E-state index in [1.54, 1.807) is 0 Å². The standard InChI is InChI=1S/C44H66N12O10/c1-24(2)10-12-26-30(64-22-34(57)55-28(41(61)51-18-14-45)8-6-16-53-43(47)48)20-32-37(38(26)59)39(60)36-27(13-11-25(3)4)40(63-5)33(21-31(36)66-32)65-23-35(58)56-29(42(62)52-19-15-46)9-7-17-54-44(49)50/h10-11,20-21,28-29,59H,6-9,12-19,22-23,45-46H2,1-5H3,(H,51,61)(H,52,62)(H,55,57)(H,56,58)(H4,47,48,53)(H4,49,50,54)/t28-,29-/m0/s1. The van der Waals surface area contributed by atoms with Gasteiger partial charge in [-0.05, 0) is 66.2 Å². The summed E-state index contributed by atoms with van der Waals surface area (Å²) in [6, 6.07) is 0.852. The van der Waals surface area contributed by atoms with Crippen LogP contribution in [0.1, 0.15) is 64.5 Å². The molecule has 22 heteroatoms. The molecule has 3 aromatic rings. The van der Waals surface area contributed by atoms with Crippen molar-refractivity contribution in [3.63, 3.8) is 0 Å². The van der Waals surface area contributed by atoms with Crippen LogP contribution < -0.4 is 74.5 Å². The highest BCUT2D eigenvalue weighted by Crippen LogP contribution is 2.41. The van der Waals surface area contributed by atoms with Crippen LogP contribution in [-0.4, -0.2) is 112 Å². The molecule has 22 nitrogen and oxygen atoms in total. The van der Waals surface area contributed by atoms with Gasteiger partial charge in [0.2, 0.25) is 17.2 Å². The number of benzene rings is 2. The Morgan fingerprint density at radius 1 is 0.712 bits per heavy atom. The van der Waals surface area contributed by atoms with Crippen molar-refractivity contribution in [1.29, 1.82) is 10.8 Å². The van der Waals surface area contributed by atoms with Gasteiger partial charge in [0.25, 0.3) is 11.8 Å². The average molecular weight is 923 g/mol. The number of nitrogens with two attached hydrogens (primary N) is 4. The predicted octanol–water partition coefficient (Wildman–Crippen LogP) is 0.0813. The molecular formula is C44H66N12O10. The van der Waals surface area contributed by atoms with Gasteiger partial charge in [0.15, 0.2) is 36.6 Å². The third-order valence-corrected chi connectivity index (χ3v) is 9.82. The summed E-state index contributed by atoms with van der Waals surface area (Å²) < 4.78 is 24.1. The number of guanidine groups is 2. The minimum absolute atomic E-state index is 0.0172. The summed E-state index contributed by atoms with van der Waals surface area (Å²) in [7, 11) is 1.38. The second-order valence-corrected chi connectivity index (χ2v) is 15.7. The Morgan fingerprint density at radius 3 is 1.62 bits per heavy atom. The zero-order chi connectivity index (χ0) is 48.9. The number of carbonyl (C=O) groups excluding carboxylic acids is 4. The monoisotopic (exact) mass is 923 g/mol. The molecule has 0 aliphatic heterocycles. The topological polar surface area (TPSA) is 370 Å². The summed E-state index contributed by atoms with van der Waals surface area (Å²) in [4.78, 5) is 67.1. The fourth-order valence-electron chi connectivity index (χ4n) is 6.66. The van der Waals surface area contributed by atoms with Gasteiger partial charge in [-0.1, -0.05) is 23.3 Å². The molecule has 0 spiro atoms. The van der Waals surface area contributed by atoms with Crippen LogP contribution in [0, 0.1) is 10.8 Å². The van der Waals surface area contributed by atoms with Crippen molar-refractivity contribution in [2.75, 3.05) is 59.6 Å². The third-order valence-electron chi connectivity index (χ3n) is 9.82. The summed E-state index contributed by atoms with van der Waals surface area (Å²) in [5.74, 6) is -2.93. The number of hydrogen-bond donors (Lipinski definition) is 13. The average Bonchev–Trinajstić information content (AvgIpc) is 3.26. The molecule has 0 saturated carbocycles. The zero-order valence-electron chi connectivity index (χ0n) is 38.3. The normalized spacial score (nSPS) is 11.7. The van der Waals surface area contributed by atoms with Crippen molar-refractivity contribution in [3.8, 4) is 23.0 Å². The van der Waals surface area contributed by atoms with E-state index in [0.717, 1.165) is 11.1 Å². The molecule has 2 aromatic carbocycles. The number of nitrogens with one attached hydrogen (secondary N) is 8. The van der Waals surface area contributed by atoms with Crippen LogP contribution in [-0.2, 0) is 32.0 Å². The van der Waals surface area contributed by atoms with Gasteiger partial charge in [0, 0.05) is 62.5 Å². The van der Waals surface area contributed by atoms with Crippen LogP contribution in [0.2, 0.25) is 0 Å². The number of phenolic OH excluding ortho intramolecular Hbond substituents is 1. The van der Waals surface area contributed by atoms with E-state index in [1.807, 2.05) is 39.8 Å². The third kappa shape index (κ3) is 16.2. The molecule has 362 valence electrons. The molecule has 17 N–H and O–H groups in total. The van der Waals surface area contributed by atoms with Crippen molar-refractivity contribution in [2.24, 2.45) is 22.9 Å². The number of allylic oxidation sites excluding steroid dienone is 4. The summed E-state index contributed by atoms with van der Waals surface area (Å²) in [6.45, 7) is 7.63. The molecule has 66 heavy (non-hydrogen) atoms. The number of phenols is 1. The van der Waals surface area contributed by atoms with Gasteiger partial charge in [0.05, 0.1) is 12.5 Å². The van der Waals surface area contributed by atoms with Crippen LogP contribution >= 0.6 is 0 Å². The SMILES string of the molecule is COc1c(OCC(=O)N[C@@H](CCCNC(=N)N)C(=O)NCCN)cc2oc3cc(OCC(=O)N[C@@H](CCCNC(=N)N)C(=O)NCCN)c(CC=C(C)C)c(O)c3c(=O)c2c1CC=C(C)C. The lowest BCUT2D eigenvalue weighted by molar-refractivity contribution is -0.130. The van der Waals surface area contributed by atoms with Crippen molar-refractivity contribution >= 4 is 57.5 Å². The minimum atomic E-state index is -0.968. The number of carbonyl (C=O) groups is 4. The smallest absolute Gasteiger partial charge is 0.258 e. The molecule has 0 aliphatic carbocycles. The Bertz CT molecular complexity index is 2340. The molecule has 4 amide bonds. The highest BCUT2D eigenvalue weighted by molar-refractivity contribution is 5.98. The summed E-state index contributed by atoms with van der Waals surface area (Å²) in [6.07, 6.45) is 5.14. The minimum Gasteiger partial charge on any atom is -0.507 e. The lowest BCUT2D eigenvalue weighted by atomic mass is 9.98. The molecule has 0 unspecified atom stereocenters. The van der Waals surface area contributed by atoms with Crippen LogP contribution in [0.15, 0.2) is 44.6 Å². The van der Waals surface area contributed by atoms with Gasteiger partial charge >= 0.3 is 0 Å². The maximum atomic E-state index is 14.6. The number of methoxy groups -OCH3 is 1. The van der Waals surface area contributed by atoms with Crippen LogP contribution in [0.5, 0.6) is 23.0 Å². The van der Waals surface area contributed by atoms with E-state index in [9.17, 15) is 29.1 Å². The quantitative estimate of drug-likeness (QED) is 0.0158. The first-order valence-electron chi connectivity index (χ1n) is 21.5. The van der Waals surface area contributed by atoms with Gasteiger partial charge in [-0.15, -0.1) is 0 Å². The fourth-order valence-corrected chi connectivity index (χ4v) is 6.66. The van der Waals surface area contributed by atoms with Crippen LogP contribution in [0.4, 0.5) is 0 Å². The maximum Gasteiger partial charge on any atom is 0.258 e. The first-order valence-corrected chi connectivity index (χ1v) is 21.5. The number of rotatable bonds is 27. The second kappa shape index (κ2) is 26.7. The Kier molecular flexibility index (Phi) is 21.5. The first kappa shape index (κ1) is 53.3. The lowest BCUT2D eigenvalue weighted by Gasteiger charge is -2.20. The van der Waals surface area contributed by atoms with E-state index in [-0.39, 0.29) is 115 Å². The highest BCUT2D eigenvalue weighted by Gasteiger charge is 2.27. The number of fused-ring (bicyclic) bond motifs is 2. The van der Waals surface area contributed by atoms with E-state index in [0.29, 0.717) is 24.9 Å². The summed E-state index contributed by atoms with van der Waals surface area (Å²) >= 11 is 0. The highest BCUT2D eigenvalue weighted by atomic mass is 16.5. The summed E-state index contributed by atoms with van der Waals surface area (Å²) in [5, 5.41) is 42.5. The molecule has 3 rings (SSSR count). The first-order chi connectivity index (χ1) is 31.4. The Morgan fingerprint density at radius 2 is 1.17 bits per heavy atom. The number of amides is 4. The van der Waals surface area contributed by atoms with Crippen molar-refractivity contribution < 1.29 is 42.9 Å². The van der Waals surface area contributed by atoms with Gasteiger partial charge < -0.3 is 78.6 Å². The zero-order valence-corrected chi connectivity index (χ0v) is 38.3. The molecular weight excluding hydrogens is 857 g/mol. The van der Waals surface area contributed by atoms with Gasteiger partial charge in [0.1, 0.15) is 40.1 Å². The predicted molar refractivity (Wildman–Crippen MR) is 252 cm³/mol. The fraction of sp³-hybridized carbons (Fsp3) is 0.477. The van der Waals surface area contributed by atoms with E-state index in [2.05, 4.69) is 31.9 Å². The molecule has 0 bridgehead atoms. The Labute approximate surface area is 383 Å². The molecule has 2 atom stereocenters. The van der Waals surface area contributed by atoms with Crippen molar-refractivity contribution in [3.05, 3.63) is 56.8 Å². The summed E-state index contributed by atoms with van der Waals surface area (Å²) in [5.41, 5.74) is 23.5. The van der Waals surface area contributed by atoms with Gasteiger partial charge in [-0.3, -0.25) is 34.8 Å². The number of aromatic hydroxyl groups is 1. The number of hydrogen-bond acceptors (Lipinski definition) is 14. The molecule has 0 radical (unpaired) electrons. The van der Waals surface area contributed by atoms with Crippen LogP contribution in [0.3, 0.4) is 0 Å². The molecule has 0 fully saturated rings. The van der Waals surface area contributed by atoms with E-state index in [1.165, 1.54) is 19.2 Å². The second-order valence-electron chi connectivity index (χ2n) is 15.7. The van der Waals surface area contributed by atoms with E-state index < -0.39 is 60.1 Å². The van der Waals surface area contributed by atoms with Gasteiger partial charge in [-0.25, -0.2) is 0 Å². The van der Waals surface area contributed by atoms with Crippen LogP contribution in [0.25, 0.3) is 21.9 Å². The molecule has 1 aromatic heterocycles. The molecule has 1 heterocycles. The number of ether oxygens (including phenoxy) is 3. The van der Waals surface area contributed by atoms with E-state index in [4.69, 9.17) is 52.4 Å². The van der Waals surface area contributed by atoms with Crippen molar-refractivity contribution in [1.82, 2.24) is 31.9 Å². The van der Waals surface area contributed by atoms with Gasteiger partial charge in [-0.2, -0.15) is 0 Å². The largest absolute Gasteiger partial charge is 0.507 e. The van der Waals surface area contributed by atoms with Crippen molar-refractivity contribution in [2.45, 2.75) is 78.3 Å². The Hall–Kier alpha value is -7.07. The van der Waals surface area contributed by atoms with E-state index >= 15 is 0 Å². The maximum absolute atomic E-state index is 14.6. The lowest BCUT2D eigenvalue weighted by Crippen LogP contribution is -2.49.